The first-order chi connectivity index (χ1) is 9.87. The maximum atomic E-state index is 12.5. The Hall–Kier alpha value is -0.800. The minimum Gasteiger partial charge on any atom is -0.495 e. The van der Waals surface area contributed by atoms with Crippen molar-refractivity contribution in [3.63, 3.8) is 0 Å². The Kier molecular flexibility index (Phi) is 5.15. The molecule has 21 heavy (non-hydrogen) atoms. The predicted molar refractivity (Wildman–Crippen MR) is 88.7 cm³/mol. The Morgan fingerprint density at radius 3 is 2.71 bits per heavy atom. The Labute approximate surface area is 140 Å². The van der Waals surface area contributed by atoms with Crippen LogP contribution in [0.3, 0.4) is 0 Å². The fourth-order valence-electron chi connectivity index (χ4n) is 1.64. The second-order valence-electron chi connectivity index (χ2n) is 4.00. The normalized spacial score (nSPS) is 11.4. The predicted octanol–water partition coefficient (Wildman–Crippen LogP) is 3.43. The van der Waals surface area contributed by atoms with Gasteiger partial charge in [0.05, 0.1) is 16.6 Å². The van der Waals surface area contributed by atoms with E-state index >= 15 is 0 Å². The third-order valence-electron chi connectivity index (χ3n) is 2.60. The number of nitrogens with two attached hydrogens (primary N) is 1. The van der Waals surface area contributed by atoms with E-state index in [9.17, 15) is 8.42 Å². The lowest BCUT2D eigenvalue weighted by Gasteiger charge is -2.11. The fourth-order valence-corrected chi connectivity index (χ4v) is 5.44. The summed E-state index contributed by atoms with van der Waals surface area (Å²) in [6.07, 6.45) is 0. The molecule has 0 atom stereocenters. The Bertz CT molecular complexity index is 762. The molecule has 0 fully saturated rings. The van der Waals surface area contributed by atoms with Crippen molar-refractivity contribution < 1.29 is 13.2 Å². The zero-order chi connectivity index (χ0) is 15.6. The Balaban J connectivity index is 2.41. The highest BCUT2D eigenvalue weighted by Crippen LogP contribution is 2.35. The average Bonchev–Trinajstić information content (AvgIpc) is 2.81. The molecular weight excluding hydrogens is 400 g/mol. The van der Waals surface area contributed by atoms with Crippen molar-refractivity contribution in [2.45, 2.75) is 11.4 Å². The molecule has 0 aliphatic rings. The van der Waals surface area contributed by atoms with Gasteiger partial charge in [0.2, 0.25) is 0 Å². The van der Waals surface area contributed by atoms with Crippen molar-refractivity contribution in [1.82, 2.24) is 0 Å². The second-order valence-corrected chi connectivity index (χ2v) is 8.55. The van der Waals surface area contributed by atoms with Gasteiger partial charge >= 0.3 is 0 Å². The number of sulfonamides is 1. The van der Waals surface area contributed by atoms with Crippen molar-refractivity contribution in [1.29, 1.82) is 0 Å². The number of hydrogen-bond acceptors (Lipinski definition) is 5. The van der Waals surface area contributed by atoms with E-state index < -0.39 is 10.0 Å². The SMILES string of the molecule is COc1ccc(Cl)cc1NS(=O)(=O)c1cc(CN)sc1Br. The third kappa shape index (κ3) is 3.70. The number of rotatable bonds is 5. The maximum Gasteiger partial charge on any atom is 0.264 e. The lowest BCUT2D eigenvalue weighted by molar-refractivity contribution is 0.417. The average molecular weight is 412 g/mol. The molecule has 0 saturated carbocycles. The number of hydrogen-bond donors (Lipinski definition) is 2. The number of nitrogens with one attached hydrogen (secondary N) is 1. The van der Waals surface area contributed by atoms with Gasteiger partial charge in [-0.25, -0.2) is 8.42 Å². The van der Waals surface area contributed by atoms with Gasteiger partial charge in [-0.2, -0.15) is 0 Å². The molecule has 0 aliphatic carbocycles. The van der Waals surface area contributed by atoms with E-state index in [0.29, 0.717) is 14.6 Å². The van der Waals surface area contributed by atoms with Crippen molar-refractivity contribution in [3.05, 3.63) is 38.0 Å². The summed E-state index contributed by atoms with van der Waals surface area (Å²) in [4.78, 5) is 0.898. The van der Waals surface area contributed by atoms with Crippen LogP contribution in [0.25, 0.3) is 0 Å². The van der Waals surface area contributed by atoms with E-state index in [4.69, 9.17) is 22.1 Å². The van der Waals surface area contributed by atoms with Gasteiger partial charge in [0.25, 0.3) is 10.0 Å². The van der Waals surface area contributed by atoms with Crippen LogP contribution in [0, 0.1) is 0 Å². The molecule has 2 rings (SSSR count). The Morgan fingerprint density at radius 2 is 2.14 bits per heavy atom. The van der Waals surface area contributed by atoms with Gasteiger partial charge in [-0.15, -0.1) is 11.3 Å². The topological polar surface area (TPSA) is 81.4 Å². The van der Waals surface area contributed by atoms with Crippen molar-refractivity contribution in [3.8, 4) is 5.75 Å². The molecule has 0 bridgehead atoms. The van der Waals surface area contributed by atoms with Crippen LogP contribution in [0.4, 0.5) is 5.69 Å². The van der Waals surface area contributed by atoms with Crippen molar-refractivity contribution >= 4 is 54.6 Å². The van der Waals surface area contributed by atoms with Gasteiger partial charge in [-0.3, -0.25) is 4.72 Å². The number of methoxy groups -OCH3 is 1. The van der Waals surface area contributed by atoms with Crippen LogP contribution in [-0.2, 0) is 16.6 Å². The maximum absolute atomic E-state index is 12.5. The third-order valence-corrected chi connectivity index (χ3v) is 6.48. The van der Waals surface area contributed by atoms with E-state index in [0.717, 1.165) is 4.88 Å². The van der Waals surface area contributed by atoms with Gasteiger partial charge in [-0.05, 0) is 40.2 Å². The van der Waals surface area contributed by atoms with E-state index in [1.165, 1.54) is 30.6 Å². The molecule has 1 aromatic carbocycles. The molecule has 1 heterocycles. The summed E-state index contributed by atoms with van der Waals surface area (Å²) in [6.45, 7) is 0.277. The summed E-state index contributed by atoms with van der Waals surface area (Å²) >= 11 is 10.4. The van der Waals surface area contributed by atoms with Crippen LogP contribution in [-0.4, -0.2) is 15.5 Å². The molecule has 3 N–H and O–H groups in total. The highest BCUT2D eigenvalue weighted by molar-refractivity contribution is 9.11. The largest absolute Gasteiger partial charge is 0.495 e. The van der Waals surface area contributed by atoms with E-state index in [-0.39, 0.29) is 17.1 Å². The number of halogens is 2. The van der Waals surface area contributed by atoms with Crippen LogP contribution in [0.5, 0.6) is 5.75 Å². The van der Waals surface area contributed by atoms with Gasteiger partial charge in [0.15, 0.2) is 0 Å². The zero-order valence-electron chi connectivity index (χ0n) is 10.9. The van der Waals surface area contributed by atoms with Gasteiger partial charge in [-0.1, -0.05) is 11.6 Å². The molecule has 0 aliphatic heterocycles. The van der Waals surface area contributed by atoms with Crippen LogP contribution < -0.4 is 15.2 Å². The highest BCUT2D eigenvalue weighted by Gasteiger charge is 2.22. The smallest absolute Gasteiger partial charge is 0.264 e. The zero-order valence-corrected chi connectivity index (χ0v) is 14.9. The lowest BCUT2D eigenvalue weighted by Crippen LogP contribution is -2.13. The minimum atomic E-state index is -3.76. The number of thiophene rings is 1. The van der Waals surface area contributed by atoms with Gasteiger partial charge in [0, 0.05) is 16.4 Å². The summed E-state index contributed by atoms with van der Waals surface area (Å²) in [5.74, 6) is 0.383. The minimum absolute atomic E-state index is 0.134. The van der Waals surface area contributed by atoms with E-state index in [1.54, 1.807) is 12.1 Å². The summed E-state index contributed by atoms with van der Waals surface area (Å²) in [5.41, 5.74) is 5.81. The number of anilines is 1. The van der Waals surface area contributed by atoms with E-state index in [1.807, 2.05) is 0 Å². The molecule has 0 unspecified atom stereocenters. The standard InChI is InChI=1S/C12H12BrClN2O3S2/c1-19-10-3-2-7(14)4-9(10)16-21(17,18)11-5-8(6-15)20-12(11)13/h2-5,16H,6,15H2,1H3. The van der Waals surface area contributed by atoms with Gasteiger partial charge < -0.3 is 10.5 Å². The molecular formula is C12H12BrClN2O3S2. The van der Waals surface area contributed by atoms with E-state index in [2.05, 4.69) is 20.7 Å². The Morgan fingerprint density at radius 1 is 1.43 bits per heavy atom. The first-order valence-electron chi connectivity index (χ1n) is 5.72. The number of ether oxygens (including phenoxy) is 1. The van der Waals surface area contributed by atoms with Crippen molar-refractivity contribution in [2.75, 3.05) is 11.8 Å². The van der Waals surface area contributed by atoms with Gasteiger partial charge in [0.1, 0.15) is 10.6 Å². The quantitative estimate of drug-likeness (QED) is 0.790. The molecule has 2 aromatic rings. The molecule has 1 aromatic heterocycles. The highest BCUT2D eigenvalue weighted by atomic mass is 79.9. The lowest BCUT2D eigenvalue weighted by atomic mass is 10.3. The van der Waals surface area contributed by atoms with Crippen LogP contribution in [0.1, 0.15) is 4.88 Å². The molecule has 0 amide bonds. The summed E-state index contributed by atoms with van der Waals surface area (Å²) in [6, 6.07) is 6.23. The summed E-state index contributed by atoms with van der Waals surface area (Å²) < 4.78 is 33.0. The molecule has 0 radical (unpaired) electrons. The fraction of sp³-hybridized carbons (Fsp3) is 0.167. The molecule has 5 nitrogen and oxygen atoms in total. The molecule has 0 saturated heterocycles. The van der Waals surface area contributed by atoms with Crippen molar-refractivity contribution in [2.24, 2.45) is 5.73 Å². The molecule has 0 spiro atoms. The molecule has 114 valence electrons. The first-order valence-corrected chi connectivity index (χ1v) is 9.19. The summed E-state index contributed by atoms with van der Waals surface area (Å²) in [7, 11) is -2.31. The summed E-state index contributed by atoms with van der Waals surface area (Å²) in [5, 5.41) is 0.403. The second kappa shape index (κ2) is 6.53. The molecule has 9 heteroatoms. The first kappa shape index (κ1) is 16.6. The monoisotopic (exact) mass is 410 g/mol. The van der Waals surface area contributed by atoms with Crippen LogP contribution in [0.15, 0.2) is 32.9 Å². The van der Waals surface area contributed by atoms with Crippen LogP contribution in [0.2, 0.25) is 5.02 Å². The number of benzene rings is 1. The van der Waals surface area contributed by atoms with Crippen LogP contribution >= 0.6 is 38.9 Å².